The summed E-state index contributed by atoms with van der Waals surface area (Å²) in [4.78, 5) is 17.5. The van der Waals surface area contributed by atoms with Gasteiger partial charge in [-0.15, -0.1) is 0 Å². The van der Waals surface area contributed by atoms with Gasteiger partial charge in [-0.3, -0.25) is 4.79 Å². The Labute approximate surface area is 143 Å². The minimum absolute atomic E-state index is 0.157. The number of carbonyl (C=O) groups excluding carboxylic acids is 1. The monoisotopic (exact) mass is 326 g/mol. The van der Waals surface area contributed by atoms with Crippen LogP contribution in [0.2, 0.25) is 0 Å². The van der Waals surface area contributed by atoms with E-state index >= 15 is 0 Å². The third-order valence-corrected chi connectivity index (χ3v) is 5.16. The van der Waals surface area contributed by atoms with E-state index in [0.29, 0.717) is 24.0 Å². The summed E-state index contributed by atoms with van der Waals surface area (Å²) in [6, 6.07) is 9.88. The van der Waals surface area contributed by atoms with E-state index in [-0.39, 0.29) is 5.92 Å². The summed E-state index contributed by atoms with van der Waals surface area (Å²) in [5, 5.41) is 4.43. The van der Waals surface area contributed by atoms with E-state index in [9.17, 15) is 4.79 Å². The van der Waals surface area contributed by atoms with Crippen LogP contribution in [0.4, 0.5) is 0 Å². The Morgan fingerprint density at radius 1 is 1.33 bits per heavy atom. The molecule has 1 atom stereocenters. The number of para-hydroxylation sites is 1. The highest BCUT2D eigenvalue weighted by atomic mass is 16.5. The van der Waals surface area contributed by atoms with Crippen molar-refractivity contribution in [1.29, 1.82) is 0 Å². The minimum atomic E-state index is 0.157. The molecule has 0 radical (unpaired) electrons. The van der Waals surface area contributed by atoms with Gasteiger partial charge in [0.2, 0.25) is 5.88 Å². The molecule has 0 spiro atoms. The highest BCUT2D eigenvalue weighted by Gasteiger charge is 2.28. The Morgan fingerprint density at radius 2 is 2.08 bits per heavy atom. The number of ketones is 1. The lowest BCUT2D eigenvalue weighted by molar-refractivity contribution is -0.124. The Hall–Kier alpha value is -1.94. The van der Waals surface area contributed by atoms with Crippen molar-refractivity contribution in [3.8, 4) is 5.88 Å². The first-order chi connectivity index (χ1) is 11.7. The van der Waals surface area contributed by atoms with E-state index in [1.165, 1.54) is 0 Å². The fourth-order valence-corrected chi connectivity index (χ4v) is 3.86. The quantitative estimate of drug-likeness (QED) is 0.884. The number of benzene rings is 1. The molecule has 1 fully saturated rings. The predicted octanol–water partition coefficient (Wildman–Crippen LogP) is 3.38. The molecule has 0 amide bonds. The fraction of sp³-hybridized carbons (Fsp3) is 0.500. The average Bonchev–Trinajstić information content (AvgIpc) is 2.63. The molecule has 2 heterocycles. The maximum atomic E-state index is 13.0. The van der Waals surface area contributed by atoms with E-state index in [0.717, 1.165) is 48.8 Å². The second-order valence-corrected chi connectivity index (χ2v) is 6.59. The molecule has 4 nitrogen and oxygen atoms in total. The number of pyridine rings is 1. The van der Waals surface area contributed by atoms with Crippen molar-refractivity contribution in [1.82, 2.24) is 10.3 Å². The summed E-state index contributed by atoms with van der Waals surface area (Å²) in [7, 11) is 1.62. The Bertz CT molecular complexity index is 708. The number of carbonyl (C=O) groups is 1. The SMILES string of the molecule is CC[C@@H](C(=O)Cc1cc(OC)nc2ccccc12)C1CCNCC1. The highest BCUT2D eigenvalue weighted by molar-refractivity contribution is 5.90. The van der Waals surface area contributed by atoms with Crippen molar-refractivity contribution >= 4 is 16.7 Å². The van der Waals surface area contributed by atoms with Crippen LogP contribution >= 0.6 is 0 Å². The summed E-state index contributed by atoms with van der Waals surface area (Å²) in [6.45, 7) is 4.19. The van der Waals surface area contributed by atoms with Crippen molar-refractivity contribution in [2.75, 3.05) is 20.2 Å². The number of aromatic nitrogens is 1. The number of rotatable bonds is 6. The predicted molar refractivity (Wildman–Crippen MR) is 96.4 cm³/mol. The first-order valence-corrected chi connectivity index (χ1v) is 8.89. The molecule has 0 bridgehead atoms. The number of hydrogen-bond donors (Lipinski definition) is 1. The molecule has 1 N–H and O–H groups in total. The Morgan fingerprint density at radius 3 is 2.79 bits per heavy atom. The van der Waals surface area contributed by atoms with Crippen LogP contribution in [0.15, 0.2) is 30.3 Å². The lowest BCUT2D eigenvalue weighted by atomic mass is 9.79. The molecule has 4 heteroatoms. The van der Waals surface area contributed by atoms with E-state index in [2.05, 4.69) is 17.2 Å². The molecule has 0 unspecified atom stereocenters. The third kappa shape index (κ3) is 3.59. The smallest absolute Gasteiger partial charge is 0.213 e. The van der Waals surface area contributed by atoms with Crippen LogP contribution in [0.3, 0.4) is 0 Å². The normalized spacial score (nSPS) is 16.9. The van der Waals surface area contributed by atoms with Gasteiger partial charge in [-0.25, -0.2) is 4.98 Å². The molecular weight excluding hydrogens is 300 g/mol. The molecule has 1 aliphatic rings. The number of methoxy groups -OCH3 is 1. The lowest BCUT2D eigenvalue weighted by Gasteiger charge is -2.29. The first kappa shape index (κ1) is 16.9. The molecule has 1 aromatic heterocycles. The topological polar surface area (TPSA) is 51.2 Å². The number of ether oxygens (including phenoxy) is 1. The second kappa shape index (κ2) is 7.75. The summed E-state index contributed by atoms with van der Waals surface area (Å²) >= 11 is 0. The molecule has 128 valence electrons. The maximum absolute atomic E-state index is 13.0. The minimum Gasteiger partial charge on any atom is -0.481 e. The van der Waals surface area contributed by atoms with Crippen molar-refractivity contribution in [2.45, 2.75) is 32.6 Å². The molecule has 1 aliphatic heterocycles. The number of nitrogens with zero attached hydrogens (tertiary/aromatic N) is 1. The van der Waals surface area contributed by atoms with Gasteiger partial charge in [-0.1, -0.05) is 25.1 Å². The Balaban J connectivity index is 1.86. The maximum Gasteiger partial charge on any atom is 0.213 e. The van der Waals surface area contributed by atoms with Crippen molar-refractivity contribution in [3.05, 3.63) is 35.9 Å². The number of Topliss-reactive ketones (excluding diaryl/α,β-unsaturated/α-hetero) is 1. The van der Waals surface area contributed by atoms with Gasteiger partial charge >= 0.3 is 0 Å². The van der Waals surface area contributed by atoms with Crippen LogP contribution in [-0.4, -0.2) is 31.0 Å². The lowest BCUT2D eigenvalue weighted by Crippen LogP contribution is -2.35. The molecule has 0 saturated carbocycles. The number of fused-ring (bicyclic) bond motifs is 1. The zero-order chi connectivity index (χ0) is 16.9. The van der Waals surface area contributed by atoms with Gasteiger partial charge in [-0.05, 0) is 49.9 Å². The van der Waals surface area contributed by atoms with Gasteiger partial charge in [0.1, 0.15) is 5.78 Å². The molecule has 2 aromatic rings. The standard InChI is InChI=1S/C20H26N2O2/c1-3-16(14-8-10-21-11-9-14)19(23)12-15-13-20(24-2)22-18-7-5-4-6-17(15)18/h4-7,13-14,16,21H,3,8-12H2,1-2H3/t16-/m1/s1. The van der Waals surface area contributed by atoms with Gasteiger partial charge in [0.15, 0.2) is 0 Å². The second-order valence-electron chi connectivity index (χ2n) is 6.59. The van der Waals surface area contributed by atoms with Crippen LogP contribution in [-0.2, 0) is 11.2 Å². The van der Waals surface area contributed by atoms with Crippen LogP contribution in [0.25, 0.3) is 10.9 Å². The summed E-state index contributed by atoms with van der Waals surface area (Å²) in [5.41, 5.74) is 1.91. The van der Waals surface area contributed by atoms with Crippen LogP contribution < -0.4 is 10.1 Å². The highest BCUT2D eigenvalue weighted by Crippen LogP contribution is 2.29. The van der Waals surface area contributed by atoms with Gasteiger partial charge in [0.05, 0.1) is 12.6 Å². The first-order valence-electron chi connectivity index (χ1n) is 8.89. The number of piperidine rings is 1. The molecule has 1 saturated heterocycles. The molecule has 24 heavy (non-hydrogen) atoms. The number of nitrogens with one attached hydrogen (secondary N) is 1. The van der Waals surface area contributed by atoms with Gasteiger partial charge < -0.3 is 10.1 Å². The van der Waals surface area contributed by atoms with Gasteiger partial charge in [-0.2, -0.15) is 0 Å². The summed E-state index contributed by atoms with van der Waals surface area (Å²) in [6.07, 6.45) is 3.58. The van der Waals surface area contributed by atoms with E-state index in [1.807, 2.05) is 30.3 Å². The van der Waals surface area contributed by atoms with Crippen molar-refractivity contribution < 1.29 is 9.53 Å². The van der Waals surface area contributed by atoms with Crippen LogP contribution in [0.1, 0.15) is 31.7 Å². The third-order valence-electron chi connectivity index (χ3n) is 5.16. The summed E-state index contributed by atoms with van der Waals surface area (Å²) in [5.74, 6) is 1.60. The van der Waals surface area contributed by atoms with Crippen LogP contribution in [0, 0.1) is 11.8 Å². The van der Waals surface area contributed by atoms with Crippen LogP contribution in [0.5, 0.6) is 5.88 Å². The van der Waals surface area contributed by atoms with Gasteiger partial charge in [0.25, 0.3) is 0 Å². The Kier molecular flexibility index (Phi) is 5.46. The zero-order valence-electron chi connectivity index (χ0n) is 14.5. The van der Waals surface area contributed by atoms with E-state index in [1.54, 1.807) is 7.11 Å². The molecular formula is C20H26N2O2. The number of hydrogen-bond acceptors (Lipinski definition) is 4. The zero-order valence-corrected chi connectivity index (χ0v) is 14.5. The van der Waals surface area contributed by atoms with Crippen molar-refractivity contribution in [2.24, 2.45) is 11.8 Å². The average molecular weight is 326 g/mol. The summed E-state index contributed by atoms with van der Waals surface area (Å²) < 4.78 is 5.32. The molecule has 1 aromatic carbocycles. The fourth-order valence-electron chi connectivity index (χ4n) is 3.86. The largest absolute Gasteiger partial charge is 0.481 e. The van der Waals surface area contributed by atoms with E-state index < -0.39 is 0 Å². The molecule has 3 rings (SSSR count). The molecule has 0 aliphatic carbocycles. The van der Waals surface area contributed by atoms with Crippen molar-refractivity contribution in [3.63, 3.8) is 0 Å². The van der Waals surface area contributed by atoms with Gasteiger partial charge in [0, 0.05) is 23.8 Å². The van der Waals surface area contributed by atoms with E-state index in [4.69, 9.17) is 4.74 Å².